The van der Waals surface area contributed by atoms with Crippen molar-refractivity contribution in [1.82, 2.24) is 9.62 Å². The number of carbonyl (C=O) groups excluding carboxylic acids is 1. The molecule has 0 saturated carbocycles. The van der Waals surface area contributed by atoms with Crippen LogP contribution in [0, 0.1) is 5.82 Å². The van der Waals surface area contributed by atoms with Crippen molar-refractivity contribution in [2.75, 3.05) is 25.0 Å². The van der Waals surface area contributed by atoms with Gasteiger partial charge in [-0.05, 0) is 25.1 Å². The van der Waals surface area contributed by atoms with Crippen molar-refractivity contribution in [3.63, 3.8) is 0 Å². The van der Waals surface area contributed by atoms with E-state index in [0.717, 1.165) is 12.1 Å². The van der Waals surface area contributed by atoms with Gasteiger partial charge in [0.05, 0.1) is 10.6 Å². The predicted octanol–water partition coefficient (Wildman–Crippen LogP) is 1.19. The van der Waals surface area contributed by atoms with E-state index in [0.29, 0.717) is 19.6 Å². The van der Waals surface area contributed by atoms with Crippen LogP contribution < -0.4 is 10.6 Å². The minimum atomic E-state index is -3.71. The molecular weight excluding hydrogens is 333 g/mol. The number of benzene rings is 1. The molecule has 0 bridgehead atoms. The molecule has 1 amide bonds. The smallest absolute Gasteiger partial charge is 0.243 e. The van der Waals surface area contributed by atoms with Gasteiger partial charge in [0.1, 0.15) is 5.82 Å². The van der Waals surface area contributed by atoms with E-state index in [4.69, 9.17) is 0 Å². The highest BCUT2D eigenvalue weighted by molar-refractivity contribution is 7.89. The summed E-state index contributed by atoms with van der Waals surface area (Å²) in [6.07, 6.45) is 0. The van der Waals surface area contributed by atoms with Crippen LogP contribution in [0.15, 0.2) is 23.1 Å². The molecule has 1 aliphatic heterocycles. The molecule has 0 aromatic heterocycles. The summed E-state index contributed by atoms with van der Waals surface area (Å²) in [5.41, 5.74) is -0.133. The average Bonchev–Trinajstić information content (AvgIpc) is 2.41. The molecular formula is C13H19ClFN3O3S. The number of nitrogens with zero attached hydrogens (tertiary/aromatic N) is 1. The summed E-state index contributed by atoms with van der Waals surface area (Å²) in [4.78, 5) is 11.0. The van der Waals surface area contributed by atoms with Crippen molar-refractivity contribution < 1.29 is 17.6 Å². The average molecular weight is 352 g/mol. The maximum absolute atomic E-state index is 13.6. The van der Waals surface area contributed by atoms with Crippen LogP contribution in [-0.2, 0) is 14.8 Å². The molecule has 2 N–H and O–H groups in total. The van der Waals surface area contributed by atoms with Crippen LogP contribution in [0.1, 0.15) is 13.8 Å². The maximum atomic E-state index is 13.6. The first-order chi connectivity index (χ1) is 9.82. The highest BCUT2D eigenvalue weighted by Crippen LogP contribution is 2.24. The molecule has 1 aromatic carbocycles. The third-order valence-electron chi connectivity index (χ3n) is 3.30. The first-order valence-electron chi connectivity index (χ1n) is 6.62. The van der Waals surface area contributed by atoms with Gasteiger partial charge in [0.25, 0.3) is 0 Å². The lowest BCUT2D eigenvalue weighted by molar-refractivity contribution is -0.114. The number of nitrogens with one attached hydrogen (secondary N) is 2. The molecule has 1 atom stereocenters. The first-order valence-corrected chi connectivity index (χ1v) is 8.06. The van der Waals surface area contributed by atoms with Crippen LogP contribution in [0.25, 0.3) is 0 Å². The number of halogens is 2. The number of sulfonamides is 1. The molecule has 1 fully saturated rings. The van der Waals surface area contributed by atoms with Crippen molar-refractivity contribution in [3.8, 4) is 0 Å². The van der Waals surface area contributed by atoms with Gasteiger partial charge in [-0.2, -0.15) is 4.31 Å². The Kier molecular flexibility index (Phi) is 6.30. The zero-order valence-electron chi connectivity index (χ0n) is 12.3. The lowest BCUT2D eigenvalue weighted by atomic mass is 10.3. The molecule has 1 unspecified atom stereocenters. The van der Waals surface area contributed by atoms with Gasteiger partial charge < -0.3 is 10.6 Å². The van der Waals surface area contributed by atoms with Crippen LogP contribution in [0.4, 0.5) is 10.1 Å². The summed E-state index contributed by atoms with van der Waals surface area (Å²) in [7, 11) is -3.71. The number of anilines is 1. The van der Waals surface area contributed by atoms with Crippen molar-refractivity contribution in [2.24, 2.45) is 0 Å². The van der Waals surface area contributed by atoms with E-state index >= 15 is 0 Å². The molecule has 1 aromatic rings. The molecule has 9 heteroatoms. The highest BCUT2D eigenvalue weighted by atomic mass is 35.5. The zero-order valence-corrected chi connectivity index (χ0v) is 13.9. The van der Waals surface area contributed by atoms with E-state index < -0.39 is 21.7 Å². The van der Waals surface area contributed by atoms with E-state index in [2.05, 4.69) is 10.6 Å². The summed E-state index contributed by atoms with van der Waals surface area (Å²) in [5.74, 6) is -1.13. The second kappa shape index (κ2) is 7.36. The molecule has 0 spiro atoms. The van der Waals surface area contributed by atoms with Crippen LogP contribution >= 0.6 is 12.4 Å². The summed E-state index contributed by atoms with van der Waals surface area (Å²) in [6.45, 7) is 4.54. The van der Waals surface area contributed by atoms with Gasteiger partial charge in [-0.15, -0.1) is 12.4 Å². The summed E-state index contributed by atoms with van der Waals surface area (Å²) in [6, 6.07) is 3.23. The Morgan fingerprint density at radius 2 is 2.14 bits per heavy atom. The Balaban J connectivity index is 0.00000242. The fourth-order valence-electron chi connectivity index (χ4n) is 2.27. The zero-order chi connectivity index (χ0) is 15.6. The number of carbonyl (C=O) groups is 1. The monoisotopic (exact) mass is 351 g/mol. The summed E-state index contributed by atoms with van der Waals surface area (Å²) in [5, 5.41) is 5.40. The van der Waals surface area contributed by atoms with Crippen LogP contribution in [0.5, 0.6) is 0 Å². The standard InChI is InChI=1S/C13H18FN3O3S.ClH/c1-9-8-15-5-6-17(9)21(19,20)11-3-4-12(14)13(7-11)16-10(2)18;/h3-4,7,9,15H,5-6,8H2,1-2H3,(H,16,18);1H. The van der Waals surface area contributed by atoms with Gasteiger partial charge in [0.2, 0.25) is 15.9 Å². The Morgan fingerprint density at radius 1 is 1.45 bits per heavy atom. The van der Waals surface area contributed by atoms with E-state index in [1.165, 1.54) is 17.3 Å². The van der Waals surface area contributed by atoms with Crippen LogP contribution in [0.3, 0.4) is 0 Å². The van der Waals surface area contributed by atoms with E-state index in [1.807, 2.05) is 6.92 Å². The number of amides is 1. The minimum absolute atomic E-state index is 0. The largest absolute Gasteiger partial charge is 0.324 e. The second-order valence-corrected chi connectivity index (χ2v) is 6.88. The fraction of sp³-hybridized carbons (Fsp3) is 0.462. The van der Waals surface area contributed by atoms with Gasteiger partial charge in [-0.1, -0.05) is 0 Å². The fourth-order valence-corrected chi connectivity index (χ4v) is 3.92. The van der Waals surface area contributed by atoms with Crippen molar-refractivity contribution in [1.29, 1.82) is 0 Å². The van der Waals surface area contributed by atoms with Crippen molar-refractivity contribution >= 4 is 34.0 Å². The van der Waals surface area contributed by atoms with Crippen LogP contribution in [-0.4, -0.2) is 44.3 Å². The third kappa shape index (κ3) is 3.95. The number of hydrogen-bond donors (Lipinski definition) is 2. The van der Waals surface area contributed by atoms with Gasteiger partial charge in [-0.25, -0.2) is 12.8 Å². The number of hydrogen-bond acceptors (Lipinski definition) is 4. The van der Waals surface area contributed by atoms with Gasteiger partial charge in [0.15, 0.2) is 0 Å². The Bertz CT molecular complexity index is 654. The molecule has 6 nitrogen and oxygen atoms in total. The molecule has 0 aliphatic carbocycles. The van der Waals surface area contributed by atoms with Gasteiger partial charge in [0, 0.05) is 32.6 Å². The SMILES string of the molecule is CC(=O)Nc1cc(S(=O)(=O)N2CCNCC2C)ccc1F.Cl. The Morgan fingerprint density at radius 3 is 2.73 bits per heavy atom. The molecule has 1 saturated heterocycles. The predicted molar refractivity (Wildman–Crippen MR) is 84.2 cm³/mol. The van der Waals surface area contributed by atoms with E-state index in [1.54, 1.807) is 0 Å². The number of piperazine rings is 1. The maximum Gasteiger partial charge on any atom is 0.243 e. The van der Waals surface area contributed by atoms with Crippen molar-refractivity contribution in [2.45, 2.75) is 24.8 Å². The molecule has 1 aliphatic rings. The lowest BCUT2D eigenvalue weighted by Crippen LogP contribution is -2.52. The minimum Gasteiger partial charge on any atom is -0.324 e. The Labute approximate surface area is 135 Å². The normalized spacial score (nSPS) is 19.3. The summed E-state index contributed by atoms with van der Waals surface area (Å²) >= 11 is 0. The number of rotatable bonds is 3. The topological polar surface area (TPSA) is 78.5 Å². The molecule has 0 radical (unpaired) electrons. The second-order valence-electron chi connectivity index (χ2n) is 4.99. The van der Waals surface area contributed by atoms with Gasteiger partial charge >= 0.3 is 0 Å². The quantitative estimate of drug-likeness (QED) is 0.857. The first kappa shape index (κ1) is 18.8. The molecule has 2 rings (SSSR count). The van der Waals surface area contributed by atoms with E-state index in [9.17, 15) is 17.6 Å². The van der Waals surface area contributed by atoms with Crippen molar-refractivity contribution in [3.05, 3.63) is 24.0 Å². The molecule has 1 heterocycles. The van der Waals surface area contributed by atoms with Gasteiger partial charge in [-0.3, -0.25) is 4.79 Å². The van der Waals surface area contributed by atoms with E-state index in [-0.39, 0.29) is 29.0 Å². The Hall–Kier alpha value is -1.22. The highest BCUT2D eigenvalue weighted by Gasteiger charge is 2.31. The third-order valence-corrected chi connectivity index (χ3v) is 5.31. The molecule has 124 valence electrons. The summed E-state index contributed by atoms with van der Waals surface area (Å²) < 4.78 is 40.2. The molecule has 22 heavy (non-hydrogen) atoms. The van der Waals surface area contributed by atoms with Crippen LogP contribution in [0.2, 0.25) is 0 Å². The lowest BCUT2D eigenvalue weighted by Gasteiger charge is -2.32.